The number of carboxylic acids is 1. The van der Waals surface area contributed by atoms with Crippen molar-refractivity contribution in [2.45, 2.75) is 95.2 Å². The van der Waals surface area contributed by atoms with E-state index in [1.807, 2.05) is 12.2 Å². The Morgan fingerprint density at radius 2 is 1.96 bits per heavy atom. The van der Waals surface area contributed by atoms with Crippen LogP contribution in [0.3, 0.4) is 0 Å². The zero-order valence-corrected chi connectivity index (χ0v) is 15.7. The second-order valence-electron chi connectivity index (χ2n) is 6.95. The molecule has 150 valence electrons. The Morgan fingerprint density at radius 3 is 2.65 bits per heavy atom. The zero-order valence-electron chi connectivity index (χ0n) is 15.7. The van der Waals surface area contributed by atoms with Crippen molar-refractivity contribution in [2.24, 2.45) is 0 Å². The van der Waals surface area contributed by atoms with Crippen LogP contribution in [0.1, 0.15) is 64.7 Å². The second kappa shape index (κ2) is 13.0. The van der Waals surface area contributed by atoms with Crippen molar-refractivity contribution in [1.29, 1.82) is 0 Å². The van der Waals surface area contributed by atoms with Gasteiger partial charge in [-0.2, -0.15) is 0 Å². The van der Waals surface area contributed by atoms with Crippen LogP contribution < -0.4 is 0 Å². The van der Waals surface area contributed by atoms with Crippen LogP contribution in [-0.4, -0.2) is 56.9 Å². The fraction of sp³-hybridized carbons (Fsp3) is 0.750. The molecule has 4 N–H and O–H groups in total. The summed E-state index contributed by atoms with van der Waals surface area (Å²) in [5.41, 5.74) is 0. The summed E-state index contributed by atoms with van der Waals surface area (Å²) in [5, 5.41) is 38.7. The number of carboxylic acid groups (broad SMARTS) is 1. The van der Waals surface area contributed by atoms with Gasteiger partial charge in [0, 0.05) is 12.8 Å². The van der Waals surface area contributed by atoms with Gasteiger partial charge in [0.15, 0.2) is 0 Å². The molecule has 0 aromatic rings. The molecule has 26 heavy (non-hydrogen) atoms. The maximum Gasteiger partial charge on any atom is 0.303 e. The fourth-order valence-corrected chi connectivity index (χ4v) is 3.01. The molecule has 1 saturated heterocycles. The number of allylic oxidation sites excluding steroid dienone is 1. The molecule has 6 nitrogen and oxygen atoms in total. The maximum atomic E-state index is 10.4. The summed E-state index contributed by atoms with van der Waals surface area (Å²) in [5.74, 6) is -0.804. The predicted octanol–water partition coefficient (Wildman–Crippen LogP) is 2.56. The number of ether oxygens (including phenoxy) is 1. The molecular weight excluding hydrogens is 336 g/mol. The monoisotopic (exact) mass is 370 g/mol. The third-order valence-corrected chi connectivity index (χ3v) is 4.56. The summed E-state index contributed by atoms with van der Waals surface area (Å²) < 4.78 is 5.76. The SMILES string of the molecule is CCCCC[C@@H]1O[C@H]([C@@H](O)/C=C\[C@H](O)C/C=C\CCCC(=O)O)C[C@H]1O. The van der Waals surface area contributed by atoms with Gasteiger partial charge >= 0.3 is 5.97 Å². The summed E-state index contributed by atoms with van der Waals surface area (Å²) in [7, 11) is 0. The van der Waals surface area contributed by atoms with Gasteiger partial charge in [-0.25, -0.2) is 0 Å². The summed E-state index contributed by atoms with van der Waals surface area (Å²) >= 11 is 0. The summed E-state index contributed by atoms with van der Waals surface area (Å²) in [6.07, 6.45) is 10.2. The van der Waals surface area contributed by atoms with Crippen LogP contribution in [0.4, 0.5) is 0 Å². The molecule has 0 spiro atoms. The molecule has 0 aromatic carbocycles. The standard InChI is InChI=1S/C20H34O6/c1-2-3-6-10-18-17(23)14-19(26-18)16(22)13-12-15(21)9-7-4-5-8-11-20(24)25/h4,7,12-13,15-19,21-23H,2-3,5-6,8-11,14H2,1H3,(H,24,25)/b7-4-,13-12-/t15-,16+,17-,18+,19+/m1/s1. The molecule has 5 atom stereocenters. The van der Waals surface area contributed by atoms with Crippen molar-refractivity contribution in [1.82, 2.24) is 0 Å². The normalized spacial score (nSPS) is 25.9. The van der Waals surface area contributed by atoms with Crippen LogP contribution in [0.25, 0.3) is 0 Å². The lowest BCUT2D eigenvalue weighted by atomic mass is 10.0. The van der Waals surface area contributed by atoms with Crippen LogP contribution in [0, 0.1) is 0 Å². The molecule has 0 radical (unpaired) electrons. The van der Waals surface area contributed by atoms with Crippen LogP contribution in [0.5, 0.6) is 0 Å². The van der Waals surface area contributed by atoms with Crippen LogP contribution >= 0.6 is 0 Å². The molecule has 1 aliphatic rings. The zero-order chi connectivity index (χ0) is 19.4. The molecule has 1 fully saturated rings. The van der Waals surface area contributed by atoms with Gasteiger partial charge in [0.25, 0.3) is 0 Å². The lowest BCUT2D eigenvalue weighted by molar-refractivity contribution is -0.137. The fourth-order valence-electron chi connectivity index (χ4n) is 3.01. The van der Waals surface area contributed by atoms with E-state index in [4.69, 9.17) is 9.84 Å². The number of hydrogen-bond acceptors (Lipinski definition) is 5. The average Bonchev–Trinajstić information content (AvgIpc) is 2.97. The molecule has 0 bridgehead atoms. The molecule has 1 rings (SSSR count). The Balaban J connectivity index is 2.27. The Hall–Kier alpha value is -1.21. The first-order valence-electron chi connectivity index (χ1n) is 9.68. The third kappa shape index (κ3) is 9.48. The highest BCUT2D eigenvalue weighted by Crippen LogP contribution is 2.27. The maximum absolute atomic E-state index is 10.4. The summed E-state index contributed by atoms with van der Waals surface area (Å²) in [6, 6.07) is 0. The highest BCUT2D eigenvalue weighted by Gasteiger charge is 2.36. The minimum atomic E-state index is -0.852. The minimum Gasteiger partial charge on any atom is -0.481 e. The lowest BCUT2D eigenvalue weighted by Gasteiger charge is -2.17. The molecule has 1 aliphatic heterocycles. The largest absolute Gasteiger partial charge is 0.481 e. The van der Waals surface area contributed by atoms with Gasteiger partial charge in [-0.05, 0) is 25.7 Å². The van der Waals surface area contributed by atoms with Crippen molar-refractivity contribution in [2.75, 3.05) is 0 Å². The second-order valence-corrected chi connectivity index (χ2v) is 6.95. The van der Waals surface area contributed by atoms with E-state index in [1.54, 1.807) is 0 Å². The Labute approximate surface area is 156 Å². The van der Waals surface area contributed by atoms with E-state index < -0.39 is 30.4 Å². The van der Waals surface area contributed by atoms with E-state index in [9.17, 15) is 20.1 Å². The first kappa shape index (κ1) is 22.8. The molecule has 0 saturated carbocycles. The molecular formula is C20H34O6. The van der Waals surface area contributed by atoms with Crippen LogP contribution in [0.15, 0.2) is 24.3 Å². The molecule has 0 amide bonds. The quantitative estimate of drug-likeness (QED) is 0.293. The highest BCUT2D eigenvalue weighted by atomic mass is 16.5. The number of rotatable bonds is 13. The Kier molecular flexibility index (Phi) is 11.4. The van der Waals surface area contributed by atoms with Crippen LogP contribution in [-0.2, 0) is 9.53 Å². The third-order valence-electron chi connectivity index (χ3n) is 4.56. The molecule has 0 aliphatic carbocycles. The number of aliphatic hydroxyl groups is 3. The number of unbranched alkanes of at least 4 members (excludes halogenated alkanes) is 3. The molecule has 0 unspecified atom stereocenters. The Morgan fingerprint density at radius 1 is 1.19 bits per heavy atom. The van der Waals surface area contributed by atoms with E-state index in [-0.39, 0.29) is 12.5 Å². The number of carbonyl (C=O) groups is 1. The summed E-state index contributed by atoms with van der Waals surface area (Å²) in [4.78, 5) is 10.4. The molecule has 6 heteroatoms. The van der Waals surface area contributed by atoms with Crippen molar-refractivity contribution in [3.63, 3.8) is 0 Å². The predicted molar refractivity (Wildman–Crippen MR) is 99.8 cm³/mol. The van der Waals surface area contributed by atoms with Gasteiger partial charge < -0.3 is 25.2 Å². The number of aliphatic carboxylic acids is 1. The first-order valence-corrected chi connectivity index (χ1v) is 9.68. The average molecular weight is 370 g/mol. The number of aliphatic hydroxyl groups excluding tert-OH is 3. The topological polar surface area (TPSA) is 107 Å². The summed E-state index contributed by atoms with van der Waals surface area (Å²) in [6.45, 7) is 2.12. The highest BCUT2D eigenvalue weighted by molar-refractivity contribution is 5.66. The van der Waals surface area contributed by atoms with Gasteiger partial charge in [0.2, 0.25) is 0 Å². The van der Waals surface area contributed by atoms with E-state index in [0.717, 1.165) is 25.7 Å². The van der Waals surface area contributed by atoms with E-state index in [2.05, 4.69) is 6.92 Å². The smallest absolute Gasteiger partial charge is 0.303 e. The van der Waals surface area contributed by atoms with Gasteiger partial charge in [0.1, 0.15) is 0 Å². The molecule has 0 aromatic heterocycles. The van der Waals surface area contributed by atoms with Crippen molar-refractivity contribution in [3.8, 4) is 0 Å². The van der Waals surface area contributed by atoms with E-state index >= 15 is 0 Å². The first-order chi connectivity index (χ1) is 12.4. The minimum absolute atomic E-state index is 0.145. The van der Waals surface area contributed by atoms with Crippen molar-refractivity contribution >= 4 is 5.97 Å². The van der Waals surface area contributed by atoms with E-state index in [0.29, 0.717) is 25.7 Å². The van der Waals surface area contributed by atoms with Crippen molar-refractivity contribution in [3.05, 3.63) is 24.3 Å². The van der Waals surface area contributed by atoms with Crippen LogP contribution in [0.2, 0.25) is 0 Å². The Bertz CT molecular complexity index is 448. The molecule has 1 heterocycles. The van der Waals surface area contributed by atoms with Gasteiger partial charge in [-0.15, -0.1) is 0 Å². The van der Waals surface area contributed by atoms with Gasteiger partial charge in [0.05, 0.1) is 30.5 Å². The van der Waals surface area contributed by atoms with Crippen molar-refractivity contribution < 1.29 is 30.0 Å². The van der Waals surface area contributed by atoms with Gasteiger partial charge in [-0.3, -0.25) is 4.79 Å². The number of hydrogen-bond donors (Lipinski definition) is 4. The van der Waals surface area contributed by atoms with E-state index in [1.165, 1.54) is 12.2 Å². The lowest BCUT2D eigenvalue weighted by Crippen LogP contribution is -2.25. The van der Waals surface area contributed by atoms with Gasteiger partial charge in [-0.1, -0.05) is 50.5 Å².